The lowest BCUT2D eigenvalue weighted by atomic mass is 10.1. The van der Waals surface area contributed by atoms with E-state index in [4.69, 9.17) is 14.6 Å². The van der Waals surface area contributed by atoms with Gasteiger partial charge in [0.05, 0.1) is 6.04 Å². The van der Waals surface area contributed by atoms with Crippen molar-refractivity contribution in [2.45, 2.75) is 39.0 Å². The molecular weight excluding hydrogens is 194 g/mol. The first-order valence-electron chi connectivity index (χ1n) is 5.55. The minimum Gasteiger partial charge on any atom is -0.396 e. The van der Waals surface area contributed by atoms with Crippen LogP contribution >= 0.6 is 0 Å². The van der Waals surface area contributed by atoms with Crippen molar-refractivity contribution in [1.82, 2.24) is 5.32 Å². The molecule has 0 amide bonds. The number of nitrogens with one attached hydrogen (secondary N) is 1. The molecule has 0 aliphatic heterocycles. The standard InChI is InChI=1S/C11H25NO3/c1-9(8-13)6-5-7-12-10(2)11(14-3)15-4/h9-13H,5-8H2,1-4H3. The van der Waals surface area contributed by atoms with Gasteiger partial charge in [-0.15, -0.1) is 0 Å². The van der Waals surface area contributed by atoms with Gasteiger partial charge in [0, 0.05) is 20.8 Å². The summed E-state index contributed by atoms with van der Waals surface area (Å²) in [6, 6.07) is 0.185. The van der Waals surface area contributed by atoms with Crippen molar-refractivity contribution in [3.63, 3.8) is 0 Å². The van der Waals surface area contributed by atoms with Crippen LogP contribution in [0.3, 0.4) is 0 Å². The molecule has 0 saturated carbocycles. The van der Waals surface area contributed by atoms with Crippen molar-refractivity contribution in [3.05, 3.63) is 0 Å². The van der Waals surface area contributed by atoms with E-state index in [9.17, 15) is 0 Å². The van der Waals surface area contributed by atoms with E-state index < -0.39 is 0 Å². The molecule has 0 spiro atoms. The summed E-state index contributed by atoms with van der Waals surface area (Å²) in [4.78, 5) is 0. The molecule has 2 atom stereocenters. The van der Waals surface area contributed by atoms with Crippen molar-refractivity contribution in [2.24, 2.45) is 5.92 Å². The Hall–Kier alpha value is -0.160. The van der Waals surface area contributed by atoms with Crippen molar-refractivity contribution in [3.8, 4) is 0 Å². The maximum Gasteiger partial charge on any atom is 0.171 e. The zero-order valence-corrected chi connectivity index (χ0v) is 10.3. The van der Waals surface area contributed by atoms with Crippen LogP contribution < -0.4 is 5.32 Å². The molecule has 0 saturated heterocycles. The molecule has 0 aliphatic rings. The predicted molar refractivity (Wildman–Crippen MR) is 60.8 cm³/mol. The van der Waals surface area contributed by atoms with Gasteiger partial charge in [0.1, 0.15) is 0 Å². The van der Waals surface area contributed by atoms with Gasteiger partial charge in [-0.25, -0.2) is 0 Å². The van der Waals surface area contributed by atoms with E-state index in [1.165, 1.54) is 0 Å². The highest BCUT2D eigenvalue weighted by Gasteiger charge is 2.14. The Balaban J connectivity index is 3.49. The number of ether oxygens (including phenoxy) is 2. The van der Waals surface area contributed by atoms with Crippen molar-refractivity contribution < 1.29 is 14.6 Å². The number of rotatable bonds is 9. The molecule has 4 heteroatoms. The topological polar surface area (TPSA) is 50.7 Å². The van der Waals surface area contributed by atoms with Crippen LogP contribution in [0.15, 0.2) is 0 Å². The third kappa shape index (κ3) is 6.84. The molecule has 2 N–H and O–H groups in total. The van der Waals surface area contributed by atoms with E-state index in [1.807, 2.05) is 6.92 Å². The molecule has 0 aromatic carbocycles. The van der Waals surface area contributed by atoms with Crippen LogP contribution in [0.5, 0.6) is 0 Å². The highest BCUT2D eigenvalue weighted by Crippen LogP contribution is 2.04. The molecule has 0 radical (unpaired) electrons. The summed E-state index contributed by atoms with van der Waals surface area (Å²) in [7, 11) is 3.28. The highest BCUT2D eigenvalue weighted by molar-refractivity contribution is 4.64. The van der Waals surface area contributed by atoms with E-state index >= 15 is 0 Å². The Bertz CT molecular complexity index is 140. The summed E-state index contributed by atoms with van der Waals surface area (Å²) in [5.74, 6) is 0.391. The smallest absolute Gasteiger partial charge is 0.171 e. The number of methoxy groups -OCH3 is 2. The monoisotopic (exact) mass is 219 g/mol. The first-order valence-corrected chi connectivity index (χ1v) is 5.55. The van der Waals surface area contributed by atoms with Crippen LogP contribution in [0.25, 0.3) is 0 Å². The van der Waals surface area contributed by atoms with Crippen LogP contribution in [0.1, 0.15) is 26.7 Å². The summed E-state index contributed by atoms with van der Waals surface area (Å²) in [6.45, 7) is 5.28. The average Bonchev–Trinajstić information content (AvgIpc) is 2.25. The van der Waals surface area contributed by atoms with Gasteiger partial charge in [-0.1, -0.05) is 6.92 Å². The van der Waals surface area contributed by atoms with Gasteiger partial charge >= 0.3 is 0 Å². The summed E-state index contributed by atoms with van der Waals surface area (Å²) in [6.07, 6.45) is 1.91. The third-order valence-corrected chi connectivity index (χ3v) is 2.52. The maximum atomic E-state index is 8.85. The largest absolute Gasteiger partial charge is 0.396 e. The molecule has 15 heavy (non-hydrogen) atoms. The zero-order chi connectivity index (χ0) is 11.7. The minimum atomic E-state index is -0.194. The minimum absolute atomic E-state index is 0.185. The lowest BCUT2D eigenvalue weighted by Crippen LogP contribution is -2.40. The summed E-state index contributed by atoms with van der Waals surface area (Å²) in [5, 5.41) is 12.2. The lowest BCUT2D eigenvalue weighted by molar-refractivity contribution is -0.119. The Morgan fingerprint density at radius 3 is 2.27 bits per heavy atom. The predicted octanol–water partition coefficient (Wildman–Crippen LogP) is 0.992. The van der Waals surface area contributed by atoms with E-state index in [-0.39, 0.29) is 18.9 Å². The molecule has 0 aliphatic carbocycles. The van der Waals surface area contributed by atoms with Crippen LogP contribution in [-0.2, 0) is 9.47 Å². The van der Waals surface area contributed by atoms with Gasteiger partial charge in [0.15, 0.2) is 6.29 Å². The third-order valence-electron chi connectivity index (χ3n) is 2.52. The molecule has 0 aromatic heterocycles. The summed E-state index contributed by atoms with van der Waals surface area (Å²) >= 11 is 0. The Labute approximate surface area is 93.0 Å². The van der Waals surface area contributed by atoms with E-state index in [2.05, 4.69) is 12.2 Å². The molecule has 0 bridgehead atoms. The molecule has 0 heterocycles. The summed E-state index contributed by atoms with van der Waals surface area (Å²) in [5.41, 5.74) is 0. The number of hydrogen-bond acceptors (Lipinski definition) is 4. The number of hydrogen-bond donors (Lipinski definition) is 2. The van der Waals surface area contributed by atoms with Gasteiger partial charge in [-0.2, -0.15) is 0 Å². The first kappa shape index (κ1) is 14.8. The molecule has 0 fully saturated rings. The molecule has 2 unspecified atom stereocenters. The zero-order valence-electron chi connectivity index (χ0n) is 10.3. The first-order chi connectivity index (χ1) is 7.15. The number of aliphatic hydroxyl groups excluding tert-OH is 1. The van der Waals surface area contributed by atoms with Crippen molar-refractivity contribution in [2.75, 3.05) is 27.4 Å². The van der Waals surface area contributed by atoms with Crippen molar-refractivity contribution >= 4 is 0 Å². The molecule has 4 nitrogen and oxygen atoms in total. The quantitative estimate of drug-likeness (QED) is 0.448. The molecule has 92 valence electrons. The number of aliphatic hydroxyl groups is 1. The van der Waals surface area contributed by atoms with Crippen molar-refractivity contribution in [1.29, 1.82) is 0 Å². The van der Waals surface area contributed by atoms with Gasteiger partial charge in [-0.3, -0.25) is 0 Å². The fourth-order valence-corrected chi connectivity index (χ4v) is 1.47. The Morgan fingerprint density at radius 2 is 1.80 bits per heavy atom. The Kier molecular flexibility index (Phi) is 9.00. The molecular formula is C11H25NO3. The van der Waals surface area contributed by atoms with E-state index in [0.717, 1.165) is 19.4 Å². The van der Waals surface area contributed by atoms with Gasteiger partial charge in [0.2, 0.25) is 0 Å². The maximum absolute atomic E-state index is 8.85. The van der Waals surface area contributed by atoms with Crippen LogP contribution in [0, 0.1) is 5.92 Å². The van der Waals surface area contributed by atoms with E-state index in [0.29, 0.717) is 5.92 Å². The Morgan fingerprint density at radius 1 is 1.20 bits per heavy atom. The summed E-state index contributed by atoms with van der Waals surface area (Å²) < 4.78 is 10.3. The SMILES string of the molecule is COC(OC)C(C)NCCCC(C)CO. The van der Waals surface area contributed by atoms with Crippen LogP contribution in [0.2, 0.25) is 0 Å². The van der Waals surface area contributed by atoms with Gasteiger partial charge in [-0.05, 0) is 32.2 Å². The van der Waals surface area contributed by atoms with E-state index in [1.54, 1.807) is 14.2 Å². The van der Waals surface area contributed by atoms with Crippen LogP contribution in [-0.4, -0.2) is 44.8 Å². The van der Waals surface area contributed by atoms with Gasteiger partial charge < -0.3 is 19.9 Å². The second-order valence-corrected chi connectivity index (χ2v) is 4.01. The highest BCUT2D eigenvalue weighted by atomic mass is 16.7. The second-order valence-electron chi connectivity index (χ2n) is 4.01. The normalized spacial score (nSPS) is 15.6. The average molecular weight is 219 g/mol. The fourth-order valence-electron chi connectivity index (χ4n) is 1.47. The lowest BCUT2D eigenvalue weighted by Gasteiger charge is -2.22. The molecule has 0 aromatic rings. The second kappa shape index (κ2) is 9.09. The molecule has 0 rings (SSSR count). The van der Waals surface area contributed by atoms with Gasteiger partial charge in [0.25, 0.3) is 0 Å². The fraction of sp³-hybridized carbons (Fsp3) is 1.00. The van der Waals surface area contributed by atoms with Crippen LogP contribution in [0.4, 0.5) is 0 Å².